The zero-order chi connectivity index (χ0) is 24.1. The van der Waals surface area contributed by atoms with E-state index in [0.29, 0.717) is 30.3 Å². The number of piperidine rings is 1. The van der Waals surface area contributed by atoms with Gasteiger partial charge in [0.25, 0.3) is 5.91 Å². The van der Waals surface area contributed by atoms with E-state index in [1.807, 2.05) is 24.3 Å². The minimum atomic E-state index is -3.53. The number of hydrogen-bond acceptors (Lipinski definition) is 6. The Balaban J connectivity index is 1.60. The number of rotatable bonds is 9. The van der Waals surface area contributed by atoms with Gasteiger partial charge in [-0.15, -0.1) is 0 Å². The molecule has 1 aliphatic rings. The van der Waals surface area contributed by atoms with E-state index in [2.05, 4.69) is 18.7 Å². The van der Waals surface area contributed by atoms with Crippen LogP contribution in [0.3, 0.4) is 0 Å². The van der Waals surface area contributed by atoms with Crippen LogP contribution < -0.4 is 4.90 Å². The average Bonchev–Trinajstić information content (AvgIpc) is 3.31. The fourth-order valence-electron chi connectivity index (χ4n) is 4.22. The third-order valence-electron chi connectivity index (χ3n) is 6.35. The number of amides is 1. The monoisotopic (exact) mass is 500 g/mol. The zero-order valence-electron chi connectivity index (χ0n) is 19.8. The third-order valence-corrected chi connectivity index (χ3v) is 9.32. The topological polar surface area (TPSA) is 73.8 Å². The first kappa shape index (κ1) is 24.8. The molecule has 0 radical (unpaired) electrons. The van der Waals surface area contributed by atoms with Gasteiger partial charge in [-0.2, -0.15) is 4.31 Å². The number of likely N-dealkylation sites (N-methyl/N-ethyl adjacent to an activating group) is 1. The number of aromatic nitrogens is 1. The van der Waals surface area contributed by atoms with Gasteiger partial charge in [-0.3, -0.25) is 9.69 Å². The normalized spacial score (nSPS) is 15.1. The largest absolute Gasteiger partial charge is 0.302 e. The van der Waals surface area contributed by atoms with Gasteiger partial charge < -0.3 is 4.90 Å². The Kier molecular flexibility index (Phi) is 7.98. The Morgan fingerprint density at radius 2 is 1.65 bits per heavy atom. The van der Waals surface area contributed by atoms with Crippen molar-refractivity contribution in [3.8, 4) is 0 Å². The van der Waals surface area contributed by atoms with Crippen LogP contribution in [-0.4, -0.2) is 67.8 Å². The van der Waals surface area contributed by atoms with E-state index in [1.54, 1.807) is 33.5 Å². The van der Waals surface area contributed by atoms with Crippen molar-refractivity contribution in [3.63, 3.8) is 0 Å². The molecule has 1 saturated heterocycles. The molecule has 4 rings (SSSR count). The minimum absolute atomic E-state index is 0.173. The number of fused-ring (bicyclic) bond motifs is 1. The molecule has 0 unspecified atom stereocenters. The average molecular weight is 501 g/mol. The summed E-state index contributed by atoms with van der Waals surface area (Å²) < 4.78 is 28.5. The molecule has 1 amide bonds. The van der Waals surface area contributed by atoms with E-state index >= 15 is 0 Å². The second-order valence-corrected chi connectivity index (χ2v) is 11.4. The molecule has 0 atom stereocenters. The molecule has 0 N–H and O–H groups in total. The molecule has 2 heterocycles. The van der Waals surface area contributed by atoms with Crippen molar-refractivity contribution >= 4 is 42.6 Å². The summed E-state index contributed by atoms with van der Waals surface area (Å²) in [6.07, 6.45) is 2.84. The first-order chi connectivity index (χ1) is 16.4. The van der Waals surface area contributed by atoms with E-state index in [1.165, 1.54) is 11.3 Å². The van der Waals surface area contributed by atoms with Gasteiger partial charge >= 0.3 is 0 Å². The van der Waals surface area contributed by atoms with Gasteiger partial charge in [0.2, 0.25) is 10.0 Å². The number of hydrogen-bond donors (Lipinski definition) is 0. The number of anilines is 1. The maximum absolute atomic E-state index is 13.6. The number of carbonyl (C=O) groups excluding carboxylic acids is 1. The van der Waals surface area contributed by atoms with E-state index in [0.717, 1.165) is 49.1 Å². The molecular weight excluding hydrogens is 468 g/mol. The summed E-state index contributed by atoms with van der Waals surface area (Å²) >= 11 is 1.49. The second kappa shape index (κ2) is 10.9. The van der Waals surface area contributed by atoms with Crippen LogP contribution >= 0.6 is 11.3 Å². The Bertz CT molecular complexity index is 1180. The van der Waals surface area contributed by atoms with Crippen LogP contribution in [0.5, 0.6) is 0 Å². The van der Waals surface area contributed by atoms with Crippen molar-refractivity contribution in [1.82, 2.24) is 14.2 Å². The van der Waals surface area contributed by atoms with Crippen LogP contribution in [0, 0.1) is 0 Å². The van der Waals surface area contributed by atoms with E-state index < -0.39 is 10.0 Å². The molecule has 1 aromatic heterocycles. The van der Waals surface area contributed by atoms with Crippen LogP contribution in [0.2, 0.25) is 0 Å². The number of carbonyl (C=O) groups is 1. The second-order valence-electron chi connectivity index (χ2n) is 8.44. The summed E-state index contributed by atoms with van der Waals surface area (Å²) in [4.78, 5) is 22.5. The van der Waals surface area contributed by atoms with Crippen LogP contribution in [0.4, 0.5) is 5.13 Å². The Morgan fingerprint density at radius 1 is 0.971 bits per heavy atom. The Morgan fingerprint density at radius 3 is 2.29 bits per heavy atom. The summed E-state index contributed by atoms with van der Waals surface area (Å²) in [6, 6.07) is 14.2. The number of para-hydroxylation sites is 1. The molecule has 0 spiro atoms. The number of nitrogens with zero attached hydrogens (tertiary/aromatic N) is 4. The first-order valence-electron chi connectivity index (χ1n) is 11.9. The van der Waals surface area contributed by atoms with E-state index in [9.17, 15) is 13.2 Å². The Hall–Kier alpha value is -2.33. The molecule has 182 valence electrons. The van der Waals surface area contributed by atoms with Crippen molar-refractivity contribution in [2.75, 3.05) is 44.2 Å². The Labute approximate surface area is 206 Å². The molecule has 0 bridgehead atoms. The molecular formula is C25H32N4O3S2. The van der Waals surface area contributed by atoms with Gasteiger partial charge in [-0.25, -0.2) is 13.4 Å². The molecule has 9 heteroatoms. The molecule has 0 saturated carbocycles. The van der Waals surface area contributed by atoms with Crippen molar-refractivity contribution in [3.05, 3.63) is 54.1 Å². The summed E-state index contributed by atoms with van der Waals surface area (Å²) in [5.74, 6) is -0.173. The van der Waals surface area contributed by atoms with Gasteiger partial charge in [0.05, 0.1) is 15.1 Å². The minimum Gasteiger partial charge on any atom is -0.302 e. The van der Waals surface area contributed by atoms with Crippen molar-refractivity contribution < 1.29 is 13.2 Å². The fourth-order valence-corrected chi connectivity index (χ4v) is 6.73. The van der Waals surface area contributed by atoms with Crippen LogP contribution in [0.25, 0.3) is 10.2 Å². The van der Waals surface area contributed by atoms with Gasteiger partial charge in [0.1, 0.15) is 0 Å². The molecule has 34 heavy (non-hydrogen) atoms. The lowest BCUT2D eigenvalue weighted by molar-refractivity contribution is 0.0983. The highest BCUT2D eigenvalue weighted by molar-refractivity contribution is 7.89. The molecule has 0 aliphatic carbocycles. The maximum atomic E-state index is 13.6. The van der Waals surface area contributed by atoms with Crippen LogP contribution in [0.1, 0.15) is 43.5 Å². The van der Waals surface area contributed by atoms with Gasteiger partial charge in [-0.1, -0.05) is 43.7 Å². The third kappa shape index (κ3) is 5.33. The number of thiazole rings is 1. The first-order valence-corrected chi connectivity index (χ1v) is 14.2. The number of benzene rings is 2. The van der Waals surface area contributed by atoms with Crippen molar-refractivity contribution in [2.45, 2.75) is 38.0 Å². The summed E-state index contributed by atoms with van der Waals surface area (Å²) in [6.45, 7) is 8.37. The van der Waals surface area contributed by atoms with Gasteiger partial charge in [0, 0.05) is 31.7 Å². The fraction of sp³-hybridized carbons (Fsp3) is 0.440. The molecule has 7 nitrogen and oxygen atoms in total. The van der Waals surface area contributed by atoms with Crippen LogP contribution in [-0.2, 0) is 10.0 Å². The van der Waals surface area contributed by atoms with Crippen LogP contribution in [0.15, 0.2) is 53.4 Å². The predicted molar refractivity (Wildman–Crippen MR) is 138 cm³/mol. The zero-order valence-corrected chi connectivity index (χ0v) is 21.4. The number of sulfonamides is 1. The summed E-state index contributed by atoms with van der Waals surface area (Å²) in [5.41, 5.74) is 1.32. The molecule has 3 aromatic rings. The smallest absolute Gasteiger partial charge is 0.260 e. The SMILES string of the molecule is CCN(CC)CCN(C(=O)c1ccc(S(=O)(=O)N2CCCCC2)cc1)c1nc2ccccc2s1. The highest BCUT2D eigenvalue weighted by Gasteiger charge is 2.27. The maximum Gasteiger partial charge on any atom is 0.260 e. The standard InChI is InChI=1S/C25H32N4O3S2/c1-3-27(4-2)18-19-29(25-26-22-10-6-7-11-23(22)33-25)24(30)20-12-14-21(15-13-20)34(31,32)28-16-8-5-9-17-28/h6-7,10-15H,3-5,8-9,16-19H2,1-2H3. The molecule has 1 fully saturated rings. The quantitative estimate of drug-likeness (QED) is 0.434. The summed E-state index contributed by atoms with van der Waals surface area (Å²) in [5, 5.41) is 0.656. The van der Waals surface area contributed by atoms with Crippen molar-refractivity contribution in [1.29, 1.82) is 0 Å². The van der Waals surface area contributed by atoms with Crippen molar-refractivity contribution in [2.24, 2.45) is 0 Å². The predicted octanol–water partition coefficient (Wildman–Crippen LogP) is 4.46. The lowest BCUT2D eigenvalue weighted by Gasteiger charge is -2.26. The van der Waals surface area contributed by atoms with E-state index in [4.69, 9.17) is 4.98 Å². The summed E-state index contributed by atoms with van der Waals surface area (Å²) in [7, 11) is -3.53. The molecule has 1 aliphatic heterocycles. The lowest BCUT2D eigenvalue weighted by atomic mass is 10.2. The lowest BCUT2D eigenvalue weighted by Crippen LogP contribution is -2.39. The van der Waals surface area contributed by atoms with Gasteiger partial charge in [0.15, 0.2) is 5.13 Å². The molecule has 2 aromatic carbocycles. The highest BCUT2D eigenvalue weighted by atomic mass is 32.2. The highest BCUT2D eigenvalue weighted by Crippen LogP contribution is 2.30. The van der Waals surface area contributed by atoms with Gasteiger partial charge in [-0.05, 0) is 62.3 Å². The van der Waals surface area contributed by atoms with E-state index in [-0.39, 0.29) is 10.8 Å².